The first-order valence-corrected chi connectivity index (χ1v) is 6.90. The van der Waals surface area contributed by atoms with Gasteiger partial charge in [-0.2, -0.15) is 0 Å². The quantitative estimate of drug-likeness (QED) is 0.714. The molecule has 1 amide bonds. The van der Waals surface area contributed by atoms with Gasteiger partial charge in [0.05, 0.1) is 6.54 Å². The minimum atomic E-state index is -2.44. The van der Waals surface area contributed by atoms with E-state index in [-0.39, 0.29) is 11.8 Å². The van der Waals surface area contributed by atoms with Crippen LogP contribution in [0.15, 0.2) is 0 Å². The number of alkyl halides is 3. The van der Waals surface area contributed by atoms with Crippen molar-refractivity contribution >= 4 is 21.8 Å². The maximum absolute atomic E-state index is 12.3. The molecule has 1 aliphatic rings. The molecule has 1 fully saturated rings. The van der Waals surface area contributed by atoms with Gasteiger partial charge in [-0.1, -0.05) is 35.2 Å². The number of nitrogens with zero attached hydrogens (tertiary/aromatic N) is 1. The highest BCUT2D eigenvalue weighted by Gasteiger charge is 2.27. The molecule has 5 heteroatoms. The zero-order valence-electron chi connectivity index (χ0n) is 9.30. The monoisotopic (exact) mass is 297 g/mol. The summed E-state index contributed by atoms with van der Waals surface area (Å²) in [5.41, 5.74) is 0. The van der Waals surface area contributed by atoms with E-state index in [0.717, 1.165) is 32.1 Å². The van der Waals surface area contributed by atoms with E-state index in [1.165, 1.54) is 4.90 Å². The van der Waals surface area contributed by atoms with Crippen LogP contribution in [0.5, 0.6) is 0 Å². The van der Waals surface area contributed by atoms with Crippen LogP contribution in [0.4, 0.5) is 8.78 Å². The van der Waals surface area contributed by atoms with Crippen molar-refractivity contribution in [1.29, 1.82) is 0 Å². The Hall–Kier alpha value is -0.190. The zero-order valence-corrected chi connectivity index (χ0v) is 10.9. The molecule has 0 N–H and O–H groups in total. The number of carbonyl (C=O) groups is 1. The lowest BCUT2D eigenvalue weighted by Crippen LogP contribution is -2.41. The lowest BCUT2D eigenvalue weighted by molar-refractivity contribution is -0.138. The molecule has 0 radical (unpaired) electrons. The molecule has 1 saturated carbocycles. The molecule has 0 atom stereocenters. The summed E-state index contributed by atoms with van der Waals surface area (Å²) in [7, 11) is 0. The molecule has 0 bridgehead atoms. The van der Waals surface area contributed by atoms with Crippen LogP contribution in [0.2, 0.25) is 0 Å². The summed E-state index contributed by atoms with van der Waals surface area (Å²) in [6.07, 6.45) is 2.55. The Bertz CT molecular complexity index is 220. The van der Waals surface area contributed by atoms with Gasteiger partial charge in [-0.05, 0) is 12.8 Å². The summed E-state index contributed by atoms with van der Waals surface area (Å²) in [6, 6.07) is 0. The lowest BCUT2D eigenvalue weighted by Gasteiger charge is -2.28. The SMILES string of the molecule is O=C(C1CCCCC1)N(CCBr)CC(F)F. The fourth-order valence-electron chi connectivity index (χ4n) is 2.17. The van der Waals surface area contributed by atoms with E-state index in [0.29, 0.717) is 11.9 Å². The van der Waals surface area contributed by atoms with Gasteiger partial charge in [-0.15, -0.1) is 0 Å². The highest BCUT2D eigenvalue weighted by molar-refractivity contribution is 9.09. The zero-order chi connectivity index (χ0) is 12.0. The van der Waals surface area contributed by atoms with E-state index < -0.39 is 13.0 Å². The predicted molar refractivity (Wildman–Crippen MR) is 63.0 cm³/mol. The second-order valence-electron chi connectivity index (χ2n) is 4.20. The van der Waals surface area contributed by atoms with Crippen molar-refractivity contribution in [3.05, 3.63) is 0 Å². The van der Waals surface area contributed by atoms with Crippen LogP contribution in [0.25, 0.3) is 0 Å². The summed E-state index contributed by atoms with van der Waals surface area (Å²) in [4.78, 5) is 13.3. The molecule has 0 saturated heterocycles. The molecule has 2 nitrogen and oxygen atoms in total. The highest BCUT2D eigenvalue weighted by Crippen LogP contribution is 2.25. The largest absolute Gasteiger partial charge is 0.336 e. The standard InChI is InChI=1S/C11H18BrF2NO/c12-6-7-15(8-10(13)14)11(16)9-4-2-1-3-5-9/h9-10H,1-8H2. The van der Waals surface area contributed by atoms with Gasteiger partial charge in [-0.25, -0.2) is 8.78 Å². The molecule has 0 aromatic heterocycles. The Labute approximate surface area is 104 Å². The van der Waals surface area contributed by atoms with E-state index in [2.05, 4.69) is 15.9 Å². The van der Waals surface area contributed by atoms with Crippen LogP contribution in [0, 0.1) is 5.92 Å². The van der Waals surface area contributed by atoms with Crippen LogP contribution in [-0.2, 0) is 4.79 Å². The van der Waals surface area contributed by atoms with E-state index in [1.54, 1.807) is 0 Å². The predicted octanol–water partition coefficient (Wildman–Crippen LogP) is 3.06. The van der Waals surface area contributed by atoms with Gasteiger partial charge in [0, 0.05) is 17.8 Å². The number of carbonyl (C=O) groups excluding carboxylic acids is 1. The third-order valence-corrected chi connectivity index (χ3v) is 3.33. The number of hydrogen-bond donors (Lipinski definition) is 0. The minimum absolute atomic E-state index is 0.0217. The van der Waals surface area contributed by atoms with Gasteiger partial charge in [0.1, 0.15) is 0 Å². The summed E-state index contributed by atoms with van der Waals surface area (Å²) < 4.78 is 24.7. The average molecular weight is 298 g/mol. The molecule has 0 aromatic rings. The Morgan fingerprint density at radius 1 is 1.31 bits per heavy atom. The average Bonchev–Trinajstić information content (AvgIpc) is 2.28. The molecule has 0 unspecified atom stereocenters. The first-order valence-electron chi connectivity index (χ1n) is 5.78. The third kappa shape index (κ3) is 4.36. The van der Waals surface area contributed by atoms with E-state index in [4.69, 9.17) is 0 Å². The van der Waals surface area contributed by atoms with Crippen molar-refractivity contribution < 1.29 is 13.6 Å². The van der Waals surface area contributed by atoms with Gasteiger partial charge < -0.3 is 4.90 Å². The number of amides is 1. The van der Waals surface area contributed by atoms with E-state index in [1.807, 2.05) is 0 Å². The topological polar surface area (TPSA) is 20.3 Å². The van der Waals surface area contributed by atoms with Gasteiger partial charge in [0.2, 0.25) is 5.91 Å². The highest BCUT2D eigenvalue weighted by atomic mass is 79.9. The normalized spacial score (nSPS) is 17.8. The molecule has 0 aliphatic heterocycles. The number of hydrogen-bond acceptors (Lipinski definition) is 1. The Morgan fingerprint density at radius 3 is 2.44 bits per heavy atom. The Kier molecular flexibility index (Phi) is 6.24. The van der Waals surface area contributed by atoms with Crippen LogP contribution in [0.3, 0.4) is 0 Å². The maximum Gasteiger partial charge on any atom is 0.255 e. The molecule has 0 heterocycles. The van der Waals surface area contributed by atoms with Crippen LogP contribution in [0.1, 0.15) is 32.1 Å². The van der Waals surface area contributed by atoms with Crippen LogP contribution < -0.4 is 0 Å². The van der Waals surface area contributed by atoms with E-state index in [9.17, 15) is 13.6 Å². The number of rotatable bonds is 5. The van der Waals surface area contributed by atoms with Crippen molar-refractivity contribution in [2.75, 3.05) is 18.4 Å². The Balaban J connectivity index is 2.50. The second-order valence-corrected chi connectivity index (χ2v) is 4.99. The van der Waals surface area contributed by atoms with Crippen molar-refractivity contribution in [1.82, 2.24) is 4.90 Å². The summed E-state index contributed by atoms with van der Waals surface area (Å²) in [5, 5.41) is 0.554. The number of halogens is 3. The molecular weight excluding hydrogens is 280 g/mol. The smallest absolute Gasteiger partial charge is 0.255 e. The van der Waals surface area contributed by atoms with Crippen LogP contribution in [-0.4, -0.2) is 35.7 Å². The summed E-state index contributed by atoms with van der Waals surface area (Å²) in [5.74, 6) is -0.106. The molecule has 94 valence electrons. The van der Waals surface area contributed by atoms with Crippen LogP contribution >= 0.6 is 15.9 Å². The Morgan fingerprint density at radius 2 is 1.94 bits per heavy atom. The lowest BCUT2D eigenvalue weighted by atomic mass is 9.88. The molecular formula is C11H18BrF2NO. The van der Waals surface area contributed by atoms with E-state index >= 15 is 0 Å². The minimum Gasteiger partial charge on any atom is -0.336 e. The van der Waals surface area contributed by atoms with Gasteiger partial charge in [-0.3, -0.25) is 4.79 Å². The molecule has 1 aliphatic carbocycles. The van der Waals surface area contributed by atoms with Gasteiger partial charge in [0.25, 0.3) is 6.43 Å². The van der Waals surface area contributed by atoms with Crippen molar-refractivity contribution in [3.8, 4) is 0 Å². The van der Waals surface area contributed by atoms with Crippen molar-refractivity contribution in [3.63, 3.8) is 0 Å². The second kappa shape index (κ2) is 7.20. The van der Waals surface area contributed by atoms with Crippen molar-refractivity contribution in [2.45, 2.75) is 38.5 Å². The van der Waals surface area contributed by atoms with Crippen molar-refractivity contribution in [2.24, 2.45) is 5.92 Å². The molecule has 0 spiro atoms. The molecule has 1 rings (SSSR count). The summed E-state index contributed by atoms with van der Waals surface area (Å²) >= 11 is 3.19. The van der Waals surface area contributed by atoms with Gasteiger partial charge >= 0.3 is 0 Å². The first-order chi connectivity index (χ1) is 7.65. The molecule has 0 aromatic carbocycles. The third-order valence-electron chi connectivity index (χ3n) is 2.98. The maximum atomic E-state index is 12.3. The fraction of sp³-hybridized carbons (Fsp3) is 0.909. The fourth-order valence-corrected chi connectivity index (χ4v) is 2.60. The summed E-state index contributed by atoms with van der Waals surface area (Å²) in [6.45, 7) is -0.0550. The molecule has 16 heavy (non-hydrogen) atoms. The first kappa shape index (κ1) is 13.9. The van der Waals surface area contributed by atoms with Gasteiger partial charge in [0.15, 0.2) is 0 Å².